The Hall–Kier alpha value is -1.59. The highest BCUT2D eigenvalue weighted by Gasteiger charge is 2.21. The first kappa shape index (κ1) is 16.8. The van der Waals surface area contributed by atoms with Crippen LogP contribution in [0.5, 0.6) is 0 Å². The number of hydrogen-bond donors (Lipinski definition) is 1. The molecule has 1 aliphatic heterocycles. The Morgan fingerprint density at radius 2 is 2.00 bits per heavy atom. The summed E-state index contributed by atoms with van der Waals surface area (Å²) in [6, 6.07) is 7.19. The quantitative estimate of drug-likeness (QED) is 0.903. The molecular weight excluding hydrogens is 304 g/mol. The van der Waals surface area contributed by atoms with Crippen molar-refractivity contribution in [2.45, 2.75) is 19.8 Å². The maximum Gasteiger partial charge on any atom is 0.223 e. The van der Waals surface area contributed by atoms with Crippen LogP contribution in [0.25, 0.3) is 0 Å². The smallest absolute Gasteiger partial charge is 0.223 e. The molecule has 0 atom stereocenters. The van der Waals surface area contributed by atoms with Crippen molar-refractivity contribution in [1.29, 1.82) is 0 Å². The number of anilines is 1. The zero-order valence-electron chi connectivity index (χ0n) is 12.7. The summed E-state index contributed by atoms with van der Waals surface area (Å²) in [5.41, 5.74) is 0.664. The molecule has 120 valence electrons. The van der Waals surface area contributed by atoms with Crippen LogP contribution < -0.4 is 10.2 Å². The van der Waals surface area contributed by atoms with Crippen molar-refractivity contribution in [3.63, 3.8) is 0 Å². The number of benzene rings is 1. The van der Waals surface area contributed by atoms with Crippen molar-refractivity contribution in [1.82, 2.24) is 5.32 Å². The van der Waals surface area contributed by atoms with Crippen molar-refractivity contribution in [3.8, 4) is 0 Å². The number of carbonyl (C=O) groups is 2. The van der Waals surface area contributed by atoms with E-state index in [2.05, 4.69) is 5.32 Å². The highest BCUT2D eigenvalue weighted by Crippen LogP contribution is 2.25. The van der Waals surface area contributed by atoms with Gasteiger partial charge in [-0.25, -0.2) is 0 Å². The minimum atomic E-state index is -0.103. The molecule has 1 aromatic carbocycles. The predicted octanol–water partition coefficient (Wildman–Crippen LogP) is 2.24. The van der Waals surface area contributed by atoms with E-state index in [4.69, 9.17) is 16.3 Å². The summed E-state index contributed by atoms with van der Waals surface area (Å²) in [6.07, 6.45) is 1.51. The molecule has 2 rings (SSSR count). The Bertz CT molecular complexity index is 530. The van der Waals surface area contributed by atoms with Crippen LogP contribution in [-0.2, 0) is 14.3 Å². The van der Waals surface area contributed by atoms with Gasteiger partial charge in [-0.1, -0.05) is 23.7 Å². The summed E-state index contributed by atoms with van der Waals surface area (Å²) in [5.74, 6) is -0.0563. The van der Waals surface area contributed by atoms with Gasteiger partial charge < -0.3 is 15.0 Å². The van der Waals surface area contributed by atoms with E-state index in [0.29, 0.717) is 37.0 Å². The number of para-hydroxylation sites is 1. The van der Waals surface area contributed by atoms with E-state index in [1.807, 2.05) is 12.1 Å². The monoisotopic (exact) mass is 324 g/mol. The molecule has 1 N–H and O–H groups in total. The minimum absolute atomic E-state index is 0.0137. The third-order valence-electron chi connectivity index (χ3n) is 3.75. The van der Waals surface area contributed by atoms with E-state index in [1.54, 1.807) is 17.0 Å². The van der Waals surface area contributed by atoms with E-state index >= 15 is 0 Å². The molecular formula is C16H21ClN2O3. The zero-order chi connectivity index (χ0) is 15.9. The lowest BCUT2D eigenvalue weighted by atomic mass is 9.99. The highest BCUT2D eigenvalue weighted by atomic mass is 35.5. The molecule has 2 amide bonds. The fourth-order valence-electron chi connectivity index (χ4n) is 2.51. The number of carbonyl (C=O) groups excluding carboxylic acids is 2. The number of nitrogens with one attached hydrogen (secondary N) is 1. The molecule has 1 aliphatic rings. The van der Waals surface area contributed by atoms with Crippen LogP contribution in [0, 0.1) is 5.92 Å². The number of ether oxygens (including phenoxy) is 1. The maximum absolute atomic E-state index is 12.1. The minimum Gasteiger partial charge on any atom is -0.381 e. The molecule has 22 heavy (non-hydrogen) atoms. The van der Waals surface area contributed by atoms with Gasteiger partial charge in [-0.2, -0.15) is 0 Å². The van der Waals surface area contributed by atoms with Crippen molar-refractivity contribution in [2.24, 2.45) is 5.92 Å². The molecule has 1 saturated heterocycles. The van der Waals surface area contributed by atoms with Gasteiger partial charge in [0.25, 0.3) is 0 Å². The summed E-state index contributed by atoms with van der Waals surface area (Å²) in [7, 11) is 0. The molecule has 0 radical (unpaired) electrons. The van der Waals surface area contributed by atoms with Gasteiger partial charge in [-0.15, -0.1) is 0 Å². The number of rotatable bonds is 5. The largest absolute Gasteiger partial charge is 0.381 e. The lowest BCUT2D eigenvalue weighted by molar-refractivity contribution is -0.127. The van der Waals surface area contributed by atoms with Crippen LogP contribution in [-0.4, -0.2) is 38.1 Å². The van der Waals surface area contributed by atoms with Crippen LogP contribution in [0.15, 0.2) is 24.3 Å². The highest BCUT2D eigenvalue weighted by molar-refractivity contribution is 6.33. The summed E-state index contributed by atoms with van der Waals surface area (Å²) in [5, 5.41) is 3.42. The fourth-order valence-corrected chi connectivity index (χ4v) is 2.75. The topological polar surface area (TPSA) is 58.6 Å². The summed E-state index contributed by atoms with van der Waals surface area (Å²) in [4.78, 5) is 25.4. The molecule has 0 unspecified atom stereocenters. The van der Waals surface area contributed by atoms with Crippen LogP contribution in [0.1, 0.15) is 19.8 Å². The maximum atomic E-state index is 12.1. The number of halogens is 1. The Morgan fingerprint density at radius 3 is 2.64 bits per heavy atom. The van der Waals surface area contributed by atoms with E-state index in [9.17, 15) is 9.59 Å². The van der Waals surface area contributed by atoms with Crippen molar-refractivity contribution >= 4 is 29.1 Å². The van der Waals surface area contributed by atoms with E-state index < -0.39 is 0 Å². The first-order valence-electron chi connectivity index (χ1n) is 7.47. The third-order valence-corrected chi connectivity index (χ3v) is 4.07. The van der Waals surface area contributed by atoms with Crippen molar-refractivity contribution in [2.75, 3.05) is 31.2 Å². The predicted molar refractivity (Wildman–Crippen MR) is 86.0 cm³/mol. The summed E-state index contributed by atoms with van der Waals surface area (Å²) < 4.78 is 5.25. The Kier molecular flexibility index (Phi) is 6.21. The molecule has 5 nitrogen and oxygen atoms in total. The van der Waals surface area contributed by atoms with Crippen molar-refractivity contribution < 1.29 is 14.3 Å². The number of hydrogen-bond acceptors (Lipinski definition) is 3. The van der Waals surface area contributed by atoms with Gasteiger partial charge >= 0.3 is 0 Å². The average Bonchev–Trinajstić information content (AvgIpc) is 2.53. The Morgan fingerprint density at radius 1 is 1.32 bits per heavy atom. The van der Waals surface area contributed by atoms with Gasteiger partial charge in [-0.05, 0) is 25.0 Å². The van der Waals surface area contributed by atoms with Crippen LogP contribution in [0.2, 0.25) is 5.02 Å². The lowest BCUT2D eigenvalue weighted by Crippen LogP contribution is -2.40. The van der Waals surface area contributed by atoms with Crippen molar-refractivity contribution in [3.05, 3.63) is 29.3 Å². The standard InChI is InChI=1S/C16H21ClN2O3/c1-12(20)19(15-5-3-2-4-14(15)17)9-8-18-16(21)13-6-10-22-11-7-13/h2-5,13H,6-11H2,1H3,(H,18,21). The van der Waals surface area contributed by atoms with Crippen LogP contribution >= 0.6 is 11.6 Å². The Labute approximate surface area is 135 Å². The number of nitrogens with zero attached hydrogens (tertiary/aromatic N) is 1. The molecule has 0 aromatic heterocycles. The zero-order valence-corrected chi connectivity index (χ0v) is 13.4. The van der Waals surface area contributed by atoms with E-state index in [0.717, 1.165) is 12.8 Å². The normalized spacial score (nSPS) is 15.4. The van der Waals surface area contributed by atoms with Gasteiger partial charge in [0.1, 0.15) is 0 Å². The molecule has 1 aromatic rings. The van der Waals surface area contributed by atoms with Crippen LogP contribution in [0.3, 0.4) is 0 Å². The summed E-state index contributed by atoms with van der Waals surface area (Å²) >= 11 is 6.13. The van der Waals surface area contributed by atoms with E-state index in [-0.39, 0.29) is 17.7 Å². The van der Waals surface area contributed by atoms with Gasteiger partial charge in [-0.3, -0.25) is 9.59 Å². The van der Waals surface area contributed by atoms with Crippen LogP contribution in [0.4, 0.5) is 5.69 Å². The third kappa shape index (κ3) is 4.45. The van der Waals surface area contributed by atoms with Gasteiger partial charge in [0.2, 0.25) is 11.8 Å². The first-order chi connectivity index (χ1) is 10.6. The SMILES string of the molecule is CC(=O)N(CCNC(=O)C1CCOCC1)c1ccccc1Cl. The summed E-state index contributed by atoms with van der Waals surface area (Å²) in [6.45, 7) is 3.56. The molecule has 1 heterocycles. The first-order valence-corrected chi connectivity index (χ1v) is 7.85. The van der Waals surface area contributed by atoms with E-state index in [1.165, 1.54) is 6.92 Å². The lowest BCUT2D eigenvalue weighted by Gasteiger charge is -2.24. The van der Waals surface area contributed by atoms with Gasteiger partial charge in [0.05, 0.1) is 10.7 Å². The van der Waals surface area contributed by atoms with Gasteiger partial charge in [0, 0.05) is 39.1 Å². The fraction of sp³-hybridized carbons (Fsp3) is 0.500. The molecule has 0 spiro atoms. The molecule has 6 heteroatoms. The second-order valence-corrected chi connectivity index (χ2v) is 5.71. The number of amides is 2. The average molecular weight is 325 g/mol. The second kappa shape index (κ2) is 8.15. The molecule has 0 aliphatic carbocycles. The molecule has 0 saturated carbocycles. The molecule has 1 fully saturated rings. The molecule has 0 bridgehead atoms. The second-order valence-electron chi connectivity index (χ2n) is 5.30. The Balaban J connectivity index is 1.88. The van der Waals surface area contributed by atoms with Gasteiger partial charge in [0.15, 0.2) is 0 Å².